The van der Waals surface area contributed by atoms with Crippen LogP contribution in [-0.4, -0.2) is 29.5 Å². The van der Waals surface area contributed by atoms with E-state index in [1.807, 2.05) is 6.20 Å². The molecule has 0 aliphatic heterocycles. The van der Waals surface area contributed by atoms with Gasteiger partial charge in [0.25, 0.3) is 0 Å². The van der Waals surface area contributed by atoms with Gasteiger partial charge in [-0.05, 0) is 31.2 Å². The topological polar surface area (TPSA) is 39.1 Å². The van der Waals surface area contributed by atoms with Gasteiger partial charge in [-0.2, -0.15) is 5.10 Å². The van der Waals surface area contributed by atoms with Gasteiger partial charge in [-0.25, -0.2) is 0 Å². The van der Waals surface area contributed by atoms with Crippen LogP contribution in [0, 0.1) is 5.92 Å². The summed E-state index contributed by atoms with van der Waals surface area (Å²) < 4.78 is 7.64. The number of aryl methyl sites for hydroxylation is 1. The average Bonchev–Trinajstić information content (AvgIpc) is 3.05. The van der Waals surface area contributed by atoms with E-state index >= 15 is 0 Å². The monoisotopic (exact) mass is 237 g/mol. The maximum absolute atomic E-state index is 5.57. The smallest absolute Gasteiger partial charge is 0.0591 e. The summed E-state index contributed by atoms with van der Waals surface area (Å²) in [5.41, 5.74) is 1.26. The lowest BCUT2D eigenvalue weighted by Crippen LogP contribution is -2.21. The number of rotatable bonds is 9. The van der Waals surface area contributed by atoms with Crippen LogP contribution >= 0.6 is 0 Å². The first-order valence-corrected chi connectivity index (χ1v) is 6.69. The summed E-state index contributed by atoms with van der Waals surface area (Å²) >= 11 is 0. The van der Waals surface area contributed by atoms with Gasteiger partial charge in [-0.15, -0.1) is 0 Å². The zero-order valence-electron chi connectivity index (χ0n) is 10.7. The zero-order valence-corrected chi connectivity index (χ0v) is 10.7. The molecule has 0 bridgehead atoms. The molecule has 1 aliphatic rings. The van der Waals surface area contributed by atoms with Crippen LogP contribution in [-0.2, 0) is 17.8 Å². The van der Waals surface area contributed by atoms with E-state index in [1.54, 1.807) is 0 Å². The highest BCUT2D eigenvalue weighted by molar-refractivity contribution is 4.99. The Bertz CT molecular complexity index is 320. The van der Waals surface area contributed by atoms with Crippen LogP contribution < -0.4 is 5.32 Å². The van der Waals surface area contributed by atoms with Gasteiger partial charge in [0, 0.05) is 32.4 Å². The van der Waals surface area contributed by atoms with Gasteiger partial charge in [0.05, 0.1) is 12.3 Å². The molecule has 1 aliphatic carbocycles. The minimum atomic E-state index is 0.818. The highest BCUT2D eigenvalue weighted by atomic mass is 16.5. The Labute approximate surface area is 103 Å². The Morgan fingerprint density at radius 1 is 1.53 bits per heavy atom. The molecular formula is C13H23N3O. The minimum absolute atomic E-state index is 0.818. The van der Waals surface area contributed by atoms with Crippen LogP contribution in [0.1, 0.15) is 31.9 Å². The number of aromatic nitrogens is 2. The van der Waals surface area contributed by atoms with Crippen LogP contribution in [0.5, 0.6) is 0 Å². The molecule has 1 heterocycles. The Balaban J connectivity index is 1.55. The second kappa shape index (κ2) is 6.77. The summed E-state index contributed by atoms with van der Waals surface area (Å²) in [4.78, 5) is 0. The normalized spacial score (nSPS) is 15.4. The second-order valence-corrected chi connectivity index (χ2v) is 4.74. The number of nitrogens with one attached hydrogen (secondary N) is 1. The highest BCUT2D eigenvalue weighted by Crippen LogP contribution is 2.28. The van der Waals surface area contributed by atoms with E-state index in [4.69, 9.17) is 4.74 Å². The summed E-state index contributed by atoms with van der Waals surface area (Å²) in [6.45, 7) is 6.75. The Kier molecular flexibility index (Phi) is 5.01. The van der Waals surface area contributed by atoms with Crippen molar-refractivity contribution >= 4 is 0 Å². The van der Waals surface area contributed by atoms with Crippen LogP contribution in [0.15, 0.2) is 12.3 Å². The lowest BCUT2D eigenvalue weighted by molar-refractivity contribution is 0.126. The maximum atomic E-state index is 5.57. The van der Waals surface area contributed by atoms with Gasteiger partial charge in [0.1, 0.15) is 0 Å². The molecule has 1 aromatic rings. The standard InChI is InChI=1S/C13H23N3O/c1-2-8-16-13(5-6-15-16)10-14-7-9-17-11-12-3-4-12/h5-6,12,14H,2-4,7-11H2,1H3. The summed E-state index contributed by atoms with van der Waals surface area (Å²) in [5, 5.41) is 7.69. The molecule has 1 N–H and O–H groups in total. The fourth-order valence-electron chi connectivity index (χ4n) is 1.82. The molecule has 1 aromatic heterocycles. The first-order valence-electron chi connectivity index (χ1n) is 6.69. The molecule has 1 fully saturated rings. The summed E-state index contributed by atoms with van der Waals surface area (Å²) in [6, 6.07) is 2.08. The first-order chi connectivity index (χ1) is 8.40. The SMILES string of the molecule is CCCn1nccc1CNCCOCC1CC1. The fourth-order valence-corrected chi connectivity index (χ4v) is 1.82. The number of hydrogen-bond acceptors (Lipinski definition) is 3. The molecule has 0 aromatic carbocycles. The van der Waals surface area contributed by atoms with E-state index < -0.39 is 0 Å². The molecule has 2 rings (SSSR count). The van der Waals surface area contributed by atoms with Crippen LogP contribution in [0.3, 0.4) is 0 Å². The Morgan fingerprint density at radius 3 is 3.18 bits per heavy atom. The Hall–Kier alpha value is -0.870. The van der Waals surface area contributed by atoms with Crippen molar-refractivity contribution in [1.29, 1.82) is 0 Å². The van der Waals surface area contributed by atoms with Crippen molar-refractivity contribution in [3.8, 4) is 0 Å². The lowest BCUT2D eigenvalue weighted by atomic mass is 10.4. The van der Waals surface area contributed by atoms with Crippen LogP contribution in [0.2, 0.25) is 0 Å². The molecule has 0 amide bonds. The molecule has 0 atom stereocenters. The minimum Gasteiger partial charge on any atom is -0.380 e. The molecule has 1 saturated carbocycles. The molecule has 96 valence electrons. The molecule has 0 unspecified atom stereocenters. The van der Waals surface area contributed by atoms with Gasteiger partial charge in [-0.3, -0.25) is 4.68 Å². The lowest BCUT2D eigenvalue weighted by Gasteiger charge is -2.08. The largest absolute Gasteiger partial charge is 0.380 e. The molecular weight excluding hydrogens is 214 g/mol. The molecule has 4 heteroatoms. The number of ether oxygens (including phenoxy) is 1. The van der Waals surface area contributed by atoms with Crippen LogP contribution in [0.4, 0.5) is 0 Å². The van der Waals surface area contributed by atoms with E-state index in [2.05, 4.69) is 28.1 Å². The second-order valence-electron chi connectivity index (χ2n) is 4.74. The maximum Gasteiger partial charge on any atom is 0.0591 e. The highest BCUT2D eigenvalue weighted by Gasteiger charge is 2.20. The third-order valence-corrected chi connectivity index (χ3v) is 3.02. The first kappa shape index (κ1) is 12.6. The quantitative estimate of drug-likeness (QED) is 0.666. The molecule has 17 heavy (non-hydrogen) atoms. The predicted octanol–water partition coefficient (Wildman–Crippen LogP) is 1.81. The van der Waals surface area contributed by atoms with Gasteiger partial charge >= 0.3 is 0 Å². The van der Waals surface area contributed by atoms with Crippen molar-refractivity contribution in [2.24, 2.45) is 5.92 Å². The molecule has 0 spiro atoms. The van der Waals surface area contributed by atoms with Crippen molar-refractivity contribution in [2.75, 3.05) is 19.8 Å². The Morgan fingerprint density at radius 2 is 2.41 bits per heavy atom. The van der Waals surface area contributed by atoms with E-state index in [9.17, 15) is 0 Å². The number of hydrogen-bond donors (Lipinski definition) is 1. The number of nitrogens with zero attached hydrogens (tertiary/aromatic N) is 2. The molecule has 0 saturated heterocycles. The molecule has 0 radical (unpaired) electrons. The summed E-state index contributed by atoms with van der Waals surface area (Å²) in [6.07, 6.45) is 5.72. The van der Waals surface area contributed by atoms with Gasteiger partial charge in [-0.1, -0.05) is 6.92 Å². The van der Waals surface area contributed by atoms with Crippen molar-refractivity contribution in [3.05, 3.63) is 18.0 Å². The van der Waals surface area contributed by atoms with Gasteiger partial charge in [0.15, 0.2) is 0 Å². The van der Waals surface area contributed by atoms with E-state index in [1.165, 1.54) is 18.5 Å². The van der Waals surface area contributed by atoms with Gasteiger partial charge < -0.3 is 10.1 Å². The van der Waals surface area contributed by atoms with Crippen molar-refractivity contribution in [2.45, 2.75) is 39.3 Å². The third kappa shape index (κ3) is 4.48. The van der Waals surface area contributed by atoms with Crippen LogP contribution in [0.25, 0.3) is 0 Å². The fraction of sp³-hybridized carbons (Fsp3) is 0.769. The third-order valence-electron chi connectivity index (χ3n) is 3.02. The summed E-state index contributed by atoms with van der Waals surface area (Å²) in [5.74, 6) is 0.862. The molecule has 4 nitrogen and oxygen atoms in total. The zero-order chi connectivity index (χ0) is 11.9. The van der Waals surface area contributed by atoms with Gasteiger partial charge in [0.2, 0.25) is 0 Å². The van der Waals surface area contributed by atoms with E-state index in [-0.39, 0.29) is 0 Å². The van der Waals surface area contributed by atoms with Crippen molar-refractivity contribution in [1.82, 2.24) is 15.1 Å². The van der Waals surface area contributed by atoms with E-state index in [0.29, 0.717) is 0 Å². The van der Waals surface area contributed by atoms with Crippen molar-refractivity contribution in [3.63, 3.8) is 0 Å². The van der Waals surface area contributed by atoms with E-state index in [0.717, 1.165) is 45.2 Å². The predicted molar refractivity (Wildman–Crippen MR) is 67.8 cm³/mol. The summed E-state index contributed by atoms with van der Waals surface area (Å²) in [7, 11) is 0. The average molecular weight is 237 g/mol. The van der Waals surface area contributed by atoms with Crippen molar-refractivity contribution < 1.29 is 4.74 Å².